The number of fused-ring (bicyclic) bond motifs is 3. The Morgan fingerprint density at radius 3 is 2.78 bits per heavy atom. The summed E-state index contributed by atoms with van der Waals surface area (Å²) in [6.45, 7) is 0.540. The van der Waals surface area contributed by atoms with Crippen molar-refractivity contribution in [2.45, 2.75) is 6.04 Å². The molecule has 23 heavy (non-hydrogen) atoms. The number of aromatic nitrogens is 3. The van der Waals surface area contributed by atoms with Gasteiger partial charge in [-0.15, -0.1) is 0 Å². The summed E-state index contributed by atoms with van der Waals surface area (Å²) in [7, 11) is 0. The number of nitrogens with one attached hydrogen (secondary N) is 1. The molecule has 1 N–H and O–H groups in total. The van der Waals surface area contributed by atoms with Crippen molar-refractivity contribution in [3.8, 4) is 5.75 Å². The third-order valence-corrected chi connectivity index (χ3v) is 4.36. The zero-order valence-corrected chi connectivity index (χ0v) is 12.3. The predicted octanol–water partition coefficient (Wildman–Crippen LogP) is 3.10. The van der Waals surface area contributed by atoms with Gasteiger partial charge in [0, 0.05) is 11.1 Å². The Balaban J connectivity index is 1.75. The number of para-hydroxylation sites is 1. The second-order valence-corrected chi connectivity index (χ2v) is 5.65. The molecule has 1 unspecified atom stereocenters. The fraction of sp³-hybridized carbons (Fsp3) is 0.111. The molecule has 0 aliphatic carbocycles. The number of rotatable bonds is 1. The van der Waals surface area contributed by atoms with Crippen LogP contribution < -0.4 is 10.1 Å². The summed E-state index contributed by atoms with van der Waals surface area (Å²) >= 11 is 0. The highest BCUT2D eigenvalue weighted by Gasteiger charge is 2.34. The van der Waals surface area contributed by atoms with Crippen molar-refractivity contribution >= 4 is 11.6 Å². The van der Waals surface area contributed by atoms with Crippen molar-refractivity contribution in [3.63, 3.8) is 0 Å². The van der Waals surface area contributed by atoms with Crippen LogP contribution in [-0.4, -0.2) is 21.4 Å². The Kier molecular flexibility index (Phi) is 2.55. The molecule has 5 rings (SSSR count). The summed E-state index contributed by atoms with van der Waals surface area (Å²) in [5.41, 5.74) is 4.51. The van der Waals surface area contributed by atoms with E-state index < -0.39 is 0 Å². The summed E-state index contributed by atoms with van der Waals surface area (Å²) in [5, 5.41) is 7.84. The SMILES string of the molecule is c1ccc(C2C3=C(Nc4ncnn42)c2ccccc2OC3)cc1. The van der Waals surface area contributed by atoms with Crippen LogP contribution in [0.1, 0.15) is 17.2 Å². The van der Waals surface area contributed by atoms with Crippen LogP contribution in [0.3, 0.4) is 0 Å². The highest BCUT2D eigenvalue weighted by Crippen LogP contribution is 2.42. The van der Waals surface area contributed by atoms with Gasteiger partial charge in [-0.1, -0.05) is 42.5 Å². The molecule has 0 saturated carbocycles. The first-order chi connectivity index (χ1) is 11.4. The Hall–Kier alpha value is -3.08. The van der Waals surface area contributed by atoms with Crippen LogP contribution in [0, 0.1) is 0 Å². The monoisotopic (exact) mass is 302 g/mol. The quantitative estimate of drug-likeness (QED) is 0.750. The van der Waals surface area contributed by atoms with E-state index in [1.165, 1.54) is 11.1 Å². The van der Waals surface area contributed by atoms with E-state index in [1.54, 1.807) is 6.33 Å². The average Bonchev–Trinajstić information content (AvgIpc) is 3.08. The van der Waals surface area contributed by atoms with Crippen molar-refractivity contribution in [2.24, 2.45) is 0 Å². The zero-order chi connectivity index (χ0) is 15.2. The van der Waals surface area contributed by atoms with E-state index in [-0.39, 0.29) is 6.04 Å². The van der Waals surface area contributed by atoms with Gasteiger partial charge in [0.25, 0.3) is 0 Å². The molecule has 0 radical (unpaired) electrons. The van der Waals surface area contributed by atoms with Gasteiger partial charge in [0.1, 0.15) is 24.7 Å². The zero-order valence-electron chi connectivity index (χ0n) is 12.3. The minimum Gasteiger partial charge on any atom is -0.488 e. The lowest BCUT2D eigenvalue weighted by Crippen LogP contribution is -2.30. The van der Waals surface area contributed by atoms with Gasteiger partial charge >= 0.3 is 0 Å². The van der Waals surface area contributed by atoms with E-state index in [0.717, 1.165) is 23.0 Å². The molecule has 3 aromatic rings. The van der Waals surface area contributed by atoms with E-state index in [0.29, 0.717) is 6.61 Å². The van der Waals surface area contributed by atoms with Gasteiger partial charge in [0.15, 0.2) is 0 Å². The normalized spacial score (nSPS) is 18.3. The molecule has 1 atom stereocenters. The Labute approximate surface area is 133 Å². The molecule has 0 spiro atoms. The van der Waals surface area contributed by atoms with Crippen LogP contribution in [0.15, 0.2) is 66.5 Å². The van der Waals surface area contributed by atoms with Gasteiger partial charge in [-0.3, -0.25) is 0 Å². The fourth-order valence-corrected chi connectivity index (χ4v) is 3.33. The molecule has 112 valence electrons. The first-order valence-electron chi connectivity index (χ1n) is 7.58. The van der Waals surface area contributed by atoms with Gasteiger partial charge in [-0.2, -0.15) is 10.1 Å². The molecular formula is C18H14N4O. The molecule has 2 aliphatic rings. The van der Waals surface area contributed by atoms with E-state index in [1.807, 2.05) is 41.1 Å². The molecule has 5 nitrogen and oxygen atoms in total. The number of anilines is 1. The van der Waals surface area contributed by atoms with Crippen molar-refractivity contribution in [3.05, 3.63) is 77.6 Å². The second kappa shape index (κ2) is 4.71. The number of nitrogens with zero attached hydrogens (tertiary/aromatic N) is 3. The maximum Gasteiger partial charge on any atom is 0.226 e. The summed E-state index contributed by atoms with van der Waals surface area (Å²) in [6, 6.07) is 18.4. The highest BCUT2D eigenvalue weighted by atomic mass is 16.5. The van der Waals surface area contributed by atoms with E-state index in [9.17, 15) is 0 Å². The first kappa shape index (κ1) is 12.5. The lowest BCUT2D eigenvalue weighted by atomic mass is 9.92. The molecule has 2 aromatic carbocycles. The van der Waals surface area contributed by atoms with Gasteiger partial charge in [-0.05, 0) is 17.7 Å². The van der Waals surface area contributed by atoms with E-state index in [2.05, 4.69) is 33.6 Å². The van der Waals surface area contributed by atoms with Crippen LogP contribution >= 0.6 is 0 Å². The smallest absolute Gasteiger partial charge is 0.226 e. The first-order valence-corrected chi connectivity index (χ1v) is 7.58. The predicted molar refractivity (Wildman–Crippen MR) is 87.1 cm³/mol. The van der Waals surface area contributed by atoms with E-state index >= 15 is 0 Å². The van der Waals surface area contributed by atoms with Gasteiger partial charge < -0.3 is 10.1 Å². The van der Waals surface area contributed by atoms with Gasteiger partial charge in [0.05, 0.1) is 5.70 Å². The number of hydrogen-bond acceptors (Lipinski definition) is 4. The average molecular weight is 302 g/mol. The minimum absolute atomic E-state index is 0.00157. The van der Waals surface area contributed by atoms with Crippen molar-refractivity contribution < 1.29 is 4.74 Å². The van der Waals surface area contributed by atoms with E-state index in [4.69, 9.17) is 4.74 Å². The Morgan fingerprint density at radius 2 is 1.87 bits per heavy atom. The van der Waals surface area contributed by atoms with Crippen LogP contribution in [0.2, 0.25) is 0 Å². The molecule has 1 aromatic heterocycles. The maximum atomic E-state index is 5.98. The molecular weight excluding hydrogens is 288 g/mol. The van der Waals surface area contributed by atoms with Crippen molar-refractivity contribution in [1.29, 1.82) is 0 Å². The molecule has 2 aliphatic heterocycles. The standard InChI is InChI=1S/C18H14N4O/c1-2-6-12(7-3-1)17-14-10-23-15-9-5-4-8-13(15)16(14)21-18-19-11-20-22(17)18/h1-9,11,17H,10H2,(H,19,20,21). The van der Waals surface area contributed by atoms with Crippen LogP contribution in [0.5, 0.6) is 5.75 Å². The second-order valence-electron chi connectivity index (χ2n) is 5.65. The summed E-state index contributed by atoms with van der Waals surface area (Å²) in [6.07, 6.45) is 1.59. The maximum absolute atomic E-state index is 5.98. The van der Waals surface area contributed by atoms with Gasteiger partial charge in [-0.25, -0.2) is 4.68 Å². The number of ether oxygens (including phenoxy) is 1. The highest BCUT2D eigenvalue weighted by molar-refractivity contribution is 5.84. The summed E-state index contributed by atoms with van der Waals surface area (Å²) < 4.78 is 7.90. The van der Waals surface area contributed by atoms with Crippen LogP contribution in [0.25, 0.3) is 5.70 Å². The Bertz CT molecular complexity index is 914. The fourth-order valence-electron chi connectivity index (χ4n) is 3.33. The lowest BCUT2D eigenvalue weighted by molar-refractivity contribution is 0.328. The van der Waals surface area contributed by atoms with Crippen LogP contribution in [-0.2, 0) is 0 Å². The summed E-state index contributed by atoms with van der Waals surface area (Å²) in [4.78, 5) is 4.36. The number of hydrogen-bond donors (Lipinski definition) is 1. The van der Waals surface area contributed by atoms with Crippen LogP contribution in [0.4, 0.5) is 5.95 Å². The van der Waals surface area contributed by atoms with Crippen molar-refractivity contribution in [2.75, 3.05) is 11.9 Å². The molecule has 0 bridgehead atoms. The Morgan fingerprint density at radius 1 is 1.04 bits per heavy atom. The number of benzene rings is 2. The lowest BCUT2D eigenvalue weighted by Gasteiger charge is -2.34. The molecule has 0 saturated heterocycles. The third-order valence-electron chi connectivity index (χ3n) is 4.36. The molecule has 0 fully saturated rings. The molecule has 3 heterocycles. The third kappa shape index (κ3) is 1.80. The van der Waals surface area contributed by atoms with Crippen molar-refractivity contribution in [1.82, 2.24) is 14.8 Å². The van der Waals surface area contributed by atoms with Gasteiger partial charge in [0.2, 0.25) is 5.95 Å². The minimum atomic E-state index is -0.00157. The topological polar surface area (TPSA) is 52.0 Å². The summed E-state index contributed by atoms with van der Waals surface area (Å²) in [5.74, 6) is 1.66. The molecule has 5 heteroatoms. The molecule has 0 amide bonds. The largest absolute Gasteiger partial charge is 0.488 e.